The highest BCUT2D eigenvalue weighted by atomic mass is 16.4. The molecule has 0 bridgehead atoms. The molecule has 0 aliphatic rings. The maximum Gasteiger partial charge on any atom is 0.101 e. The molecule has 0 amide bonds. The summed E-state index contributed by atoms with van der Waals surface area (Å²) in [6.45, 7) is 4.88. The van der Waals surface area contributed by atoms with Crippen molar-refractivity contribution >= 4 is 11.7 Å². The van der Waals surface area contributed by atoms with Crippen LogP contribution in [-0.2, 0) is 11.3 Å². The lowest BCUT2D eigenvalue weighted by Gasteiger charge is -2.20. The summed E-state index contributed by atoms with van der Waals surface area (Å²) in [5.41, 5.74) is 2.37. The zero-order chi connectivity index (χ0) is 14.4. The fraction of sp³-hybridized carbons (Fsp3) is 0.533. The first-order valence-corrected chi connectivity index (χ1v) is 6.69. The molecule has 0 spiro atoms. The van der Waals surface area contributed by atoms with E-state index in [-0.39, 0.29) is 12.5 Å². The number of carbonyl (C=O) groups is 1. The van der Waals surface area contributed by atoms with Gasteiger partial charge in [0.1, 0.15) is 6.54 Å². The Hall–Kier alpha value is -1.55. The zero-order valence-electron chi connectivity index (χ0n) is 12.2. The van der Waals surface area contributed by atoms with E-state index in [1.165, 1.54) is 11.3 Å². The second kappa shape index (κ2) is 7.14. The summed E-state index contributed by atoms with van der Waals surface area (Å²) in [4.78, 5) is 12.8. The van der Waals surface area contributed by atoms with Crippen molar-refractivity contribution in [2.75, 3.05) is 19.0 Å². The highest BCUT2D eigenvalue weighted by Crippen LogP contribution is 2.11. The predicted molar refractivity (Wildman–Crippen MR) is 74.6 cm³/mol. The van der Waals surface area contributed by atoms with E-state index in [1.54, 1.807) is 0 Å². The van der Waals surface area contributed by atoms with E-state index in [0.717, 1.165) is 6.54 Å². The first-order chi connectivity index (χ1) is 8.90. The predicted octanol–water partition coefficient (Wildman–Crippen LogP) is -0.0194. The Balaban J connectivity index is 2.56. The number of carbonyl (C=O) groups excluding carboxylic acids is 1. The molecule has 1 rings (SSSR count). The maximum atomic E-state index is 10.7. The highest BCUT2D eigenvalue weighted by Gasteiger charge is 2.16. The van der Waals surface area contributed by atoms with E-state index >= 15 is 0 Å². The summed E-state index contributed by atoms with van der Waals surface area (Å²) in [6.07, 6.45) is 0.105. The second-order valence-electron chi connectivity index (χ2n) is 5.48. The molecular formula is C15H24N2O2. The van der Waals surface area contributed by atoms with Crippen LogP contribution in [-0.4, -0.2) is 26.1 Å². The van der Waals surface area contributed by atoms with Crippen molar-refractivity contribution in [1.29, 1.82) is 0 Å². The molecule has 0 fully saturated rings. The standard InChI is InChI=1S/C15H24N2O2/c1-11(2)14(9-15(18)19)16-10-12-5-7-13(8-6-12)17(3)4/h5-8,11,14,16H,9-10H2,1-4H3,(H,18,19). The lowest BCUT2D eigenvalue weighted by molar-refractivity contribution is -0.709. The number of anilines is 1. The quantitative estimate of drug-likeness (QED) is 0.753. The van der Waals surface area contributed by atoms with E-state index in [0.29, 0.717) is 5.92 Å². The number of carboxylic acids is 1. The number of quaternary nitrogens is 1. The third kappa shape index (κ3) is 5.30. The first-order valence-electron chi connectivity index (χ1n) is 6.69. The molecular weight excluding hydrogens is 240 g/mol. The van der Waals surface area contributed by atoms with Gasteiger partial charge >= 0.3 is 0 Å². The summed E-state index contributed by atoms with van der Waals surface area (Å²) in [5, 5.41) is 12.8. The minimum absolute atomic E-state index is 0.0681. The lowest BCUT2D eigenvalue weighted by atomic mass is 10.0. The Morgan fingerprint density at radius 1 is 1.26 bits per heavy atom. The summed E-state index contributed by atoms with van der Waals surface area (Å²) in [7, 11) is 4.02. The maximum absolute atomic E-state index is 10.7. The Morgan fingerprint density at radius 2 is 1.84 bits per heavy atom. The molecule has 0 radical (unpaired) electrons. The molecule has 19 heavy (non-hydrogen) atoms. The highest BCUT2D eigenvalue weighted by molar-refractivity contribution is 5.64. The Bertz CT molecular complexity index is 399. The minimum atomic E-state index is -0.974. The molecule has 0 aliphatic carbocycles. The molecule has 1 atom stereocenters. The van der Waals surface area contributed by atoms with Gasteiger partial charge in [0, 0.05) is 43.7 Å². The molecule has 4 heteroatoms. The van der Waals surface area contributed by atoms with Gasteiger partial charge in [0.05, 0.1) is 6.04 Å². The van der Waals surface area contributed by atoms with Gasteiger partial charge in [-0.15, -0.1) is 0 Å². The third-order valence-corrected chi connectivity index (χ3v) is 3.37. The van der Waals surface area contributed by atoms with Crippen molar-refractivity contribution < 1.29 is 15.2 Å². The van der Waals surface area contributed by atoms with Gasteiger partial charge in [-0.05, 0) is 12.1 Å². The van der Waals surface area contributed by atoms with Crippen molar-refractivity contribution in [2.24, 2.45) is 5.92 Å². The largest absolute Gasteiger partial charge is 0.550 e. The van der Waals surface area contributed by atoms with Crippen LogP contribution in [0.25, 0.3) is 0 Å². The van der Waals surface area contributed by atoms with E-state index in [1.807, 2.05) is 27.9 Å². The van der Waals surface area contributed by atoms with Crippen LogP contribution in [0.15, 0.2) is 24.3 Å². The van der Waals surface area contributed by atoms with Gasteiger partial charge in [-0.3, -0.25) is 0 Å². The van der Waals surface area contributed by atoms with Crippen LogP contribution in [0.3, 0.4) is 0 Å². The summed E-state index contributed by atoms with van der Waals surface area (Å²) in [6, 6.07) is 8.39. The molecule has 0 saturated heterocycles. The van der Waals surface area contributed by atoms with Gasteiger partial charge in [-0.25, -0.2) is 0 Å². The lowest BCUT2D eigenvalue weighted by Crippen LogP contribution is -2.90. The average Bonchev–Trinajstić information content (AvgIpc) is 2.34. The van der Waals surface area contributed by atoms with Crippen LogP contribution in [0, 0.1) is 5.92 Å². The summed E-state index contributed by atoms with van der Waals surface area (Å²) in [5.74, 6) is -0.656. The number of benzene rings is 1. The molecule has 0 aromatic heterocycles. The molecule has 4 nitrogen and oxygen atoms in total. The smallest absolute Gasteiger partial charge is 0.101 e. The Labute approximate surface area is 115 Å². The SMILES string of the molecule is CC(C)C(CC(=O)[O-])[NH2+]Cc1ccc(N(C)C)cc1. The fourth-order valence-corrected chi connectivity index (χ4v) is 2.00. The van der Waals surface area contributed by atoms with Crippen molar-refractivity contribution in [3.8, 4) is 0 Å². The number of nitrogens with zero attached hydrogens (tertiary/aromatic N) is 1. The zero-order valence-corrected chi connectivity index (χ0v) is 12.2. The number of carboxylic acid groups (broad SMARTS) is 1. The summed E-state index contributed by atoms with van der Waals surface area (Å²) >= 11 is 0. The van der Waals surface area contributed by atoms with Gasteiger partial charge in [0.15, 0.2) is 0 Å². The van der Waals surface area contributed by atoms with Gasteiger partial charge in [-0.1, -0.05) is 26.0 Å². The van der Waals surface area contributed by atoms with Crippen LogP contribution < -0.4 is 15.3 Å². The van der Waals surface area contributed by atoms with Gasteiger partial charge < -0.3 is 20.1 Å². The van der Waals surface area contributed by atoms with Gasteiger partial charge in [0.2, 0.25) is 0 Å². The van der Waals surface area contributed by atoms with Crippen molar-refractivity contribution in [2.45, 2.75) is 32.9 Å². The van der Waals surface area contributed by atoms with Crippen molar-refractivity contribution in [3.05, 3.63) is 29.8 Å². The van der Waals surface area contributed by atoms with Crippen LogP contribution in [0.2, 0.25) is 0 Å². The van der Waals surface area contributed by atoms with E-state index in [4.69, 9.17) is 0 Å². The Kier molecular flexibility index (Phi) is 5.83. The molecule has 1 aromatic carbocycles. The minimum Gasteiger partial charge on any atom is -0.550 e. The van der Waals surface area contributed by atoms with Crippen LogP contribution in [0.4, 0.5) is 5.69 Å². The van der Waals surface area contributed by atoms with E-state index in [9.17, 15) is 9.90 Å². The molecule has 106 valence electrons. The number of hydrogen-bond donors (Lipinski definition) is 1. The first kappa shape index (κ1) is 15.5. The number of hydrogen-bond acceptors (Lipinski definition) is 3. The van der Waals surface area contributed by atoms with Crippen LogP contribution >= 0.6 is 0 Å². The topological polar surface area (TPSA) is 60.0 Å². The monoisotopic (exact) mass is 264 g/mol. The van der Waals surface area contributed by atoms with Gasteiger partial charge in [-0.2, -0.15) is 0 Å². The normalized spacial score (nSPS) is 12.5. The van der Waals surface area contributed by atoms with Gasteiger partial charge in [0.25, 0.3) is 0 Å². The van der Waals surface area contributed by atoms with Crippen molar-refractivity contribution in [1.82, 2.24) is 0 Å². The number of nitrogens with two attached hydrogens (primary N) is 1. The second-order valence-corrected chi connectivity index (χ2v) is 5.48. The molecule has 0 saturated carbocycles. The average molecular weight is 264 g/mol. The molecule has 2 N–H and O–H groups in total. The molecule has 0 aliphatic heterocycles. The molecule has 1 unspecified atom stereocenters. The summed E-state index contributed by atoms with van der Waals surface area (Å²) < 4.78 is 0. The number of rotatable bonds is 7. The van der Waals surface area contributed by atoms with E-state index in [2.05, 4.69) is 34.5 Å². The number of aliphatic carboxylic acids is 1. The molecule has 1 aromatic rings. The molecule has 0 heterocycles. The fourth-order valence-electron chi connectivity index (χ4n) is 2.00. The van der Waals surface area contributed by atoms with E-state index < -0.39 is 5.97 Å². The van der Waals surface area contributed by atoms with Crippen molar-refractivity contribution in [3.63, 3.8) is 0 Å². The van der Waals surface area contributed by atoms with Crippen LogP contribution in [0.5, 0.6) is 0 Å². The Morgan fingerprint density at radius 3 is 2.26 bits per heavy atom. The van der Waals surface area contributed by atoms with Crippen LogP contribution in [0.1, 0.15) is 25.8 Å². The third-order valence-electron chi connectivity index (χ3n) is 3.37.